The first kappa shape index (κ1) is 16.2. The molecule has 0 unspecified atom stereocenters. The lowest BCUT2D eigenvalue weighted by molar-refractivity contribution is 0.102. The number of nitrogens with one attached hydrogen (secondary N) is 1. The number of halogens is 1. The number of carbonyl (C=O) groups excluding carboxylic acids is 1. The van der Waals surface area contributed by atoms with E-state index < -0.39 is 0 Å². The largest absolute Gasteiger partial charge is 0.497 e. The highest BCUT2D eigenvalue weighted by atomic mass is 79.9. The predicted octanol–water partition coefficient (Wildman–Crippen LogP) is 3.73. The summed E-state index contributed by atoms with van der Waals surface area (Å²) in [6.45, 7) is 0. The average molecular weight is 366 g/mol. The van der Waals surface area contributed by atoms with Crippen molar-refractivity contribution in [2.45, 2.75) is 0 Å². The Morgan fingerprint density at radius 3 is 2.32 bits per heavy atom. The van der Waals surface area contributed by atoms with Crippen LogP contribution in [0.3, 0.4) is 0 Å². The minimum atomic E-state index is -0.252. The highest BCUT2D eigenvalue weighted by Crippen LogP contribution is 2.30. The van der Waals surface area contributed by atoms with Crippen LogP contribution >= 0.6 is 15.9 Å². The molecule has 0 bridgehead atoms. The second-order valence-corrected chi connectivity index (χ2v) is 5.22. The van der Waals surface area contributed by atoms with E-state index in [0.29, 0.717) is 33.0 Å². The molecule has 0 aliphatic carbocycles. The van der Waals surface area contributed by atoms with Crippen LogP contribution in [0.1, 0.15) is 10.4 Å². The normalized spacial score (nSPS) is 10.0. The minimum absolute atomic E-state index is 0.252. The first-order valence-electron chi connectivity index (χ1n) is 6.46. The minimum Gasteiger partial charge on any atom is -0.497 e. The Morgan fingerprint density at radius 1 is 0.955 bits per heavy atom. The van der Waals surface area contributed by atoms with Crippen molar-refractivity contribution in [3.05, 3.63) is 46.4 Å². The van der Waals surface area contributed by atoms with Gasteiger partial charge in [-0.2, -0.15) is 0 Å². The van der Waals surface area contributed by atoms with E-state index in [9.17, 15) is 4.79 Å². The van der Waals surface area contributed by atoms with Gasteiger partial charge in [-0.3, -0.25) is 4.79 Å². The molecule has 0 saturated carbocycles. The Bertz CT molecular complexity index is 688. The molecule has 2 aromatic carbocycles. The van der Waals surface area contributed by atoms with Crippen LogP contribution in [0.2, 0.25) is 0 Å². The molecule has 0 heterocycles. The molecule has 2 aromatic rings. The van der Waals surface area contributed by atoms with Gasteiger partial charge in [-0.05, 0) is 46.3 Å². The molecule has 0 saturated heterocycles. The number of benzene rings is 2. The van der Waals surface area contributed by atoms with E-state index in [-0.39, 0.29) is 5.91 Å². The lowest BCUT2D eigenvalue weighted by atomic mass is 10.2. The number of hydrogen-bond donors (Lipinski definition) is 1. The van der Waals surface area contributed by atoms with Gasteiger partial charge in [-0.1, -0.05) is 0 Å². The van der Waals surface area contributed by atoms with Crippen molar-refractivity contribution < 1.29 is 19.0 Å². The standard InChI is InChI=1S/C16H16BrNO4/c1-20-11-5-6-13(17)12(9-11)16(19)18-10-4-7-14(21-2)15(8-10)22-3/h4-9H,1-3H3,(H,18,19). The lowest BCUT2D eigenvalue weighted by Gasteiger charge is -2.11. The summed E-state index contributed by atoms with van der Waals surface area (Å²) in [7, 11) is 4.66. The van der Waals surface area contributed by atoms with Gasteiger partial charge in [0.1, 0.15) is 5.75 Å². The van der Waals surface area contributed by atoms with E-state index in [1.807, 2.05) is 0 Å². The number of rotatable bonds is 5. The van der Waals surface area contributed by atoms with Crippen molar-refractivity contribution in [3.8, 4) is 17.2 Å². The molecule has 0 aliphatic rings. The molecule has 2 rings (SSSR count). The van der Waals surface area contributed by atoms with Crippen molar-refractivity contribution in [3.63, 3.8) is 0 Å². The summed E-state index contributed by atoms with van der Waals surface area (Å²) >= 11 is 3.36. The van der Waals surface area contributed by atoms with Crippen molar-refractivity contribution in [2.75, 3.05) is 26.6 Å². The number of ether oxygens (including phenoxy) is 3. The Morgan fingerprint density at radius 2 is 1.68 bits per heavy atom. The molecule has 0 aliphatic heterocycles. The molecule has 5 nitrogen and oxygen atoms in total. The maximum absolute atomic E-state index is 12.4. The van der Waals surface area contributed by atoms with Crippen LogP contribution in [0.25, 0.3) is 0 Å². The molecule has 0 spiro atoms. The third kappa shape index (κ3) is 3.51. The zero-order valence-electron chi connectivity index (χ0n) is 12.5. The summed E-state index contributed by atoms with van der Waals surface area (Å²) in [4.78, 5) is 12.4. The summed E-state index contributed by atoms with van der Waals surface area (Å²) < 4.78 is 16.2. The SMILES string of the molecule is COc1ccc(Br)c(C(=O)Nc2ccc(OC)c(OC)c2)c1. The van der Waals surface area contributed by atoms with Crippen LogP contribution in [0.4, 0.5) is 5.69 Å². The monoisotopic (exact) mass is 365 g/mol. The van der Waals surface area contributed by atoms with Crippen molar-refractivity contribution in [1.82, 2.24) is 0 Å². The highest BCUT2D eigenvalue weighted by molar-refractivity contribution is 9.10. The van der Waals surface area contributed by atoms with Crippen molar-refractivity contribution in [1.29, 1.82) is 0 Å². The molecule has 0 fully saturated rings. The number of methoxy groups -OCH3 is 3. The van der Waals surface area contributed by atoms with E-state index in [4.69, 9.17) is 14.2 Å². The summed E-state index contributed by atoms with van der Waals surface area (Å²) in [6, 6.07) is 10.4. The second kappa shape index (κ2) is 7.17. The third-order valence-electron chi connectivity index (χ3n) is 3.06. The van der Waals surface area contributed by atoms with Crippen LogP contribution in [0.5, 0.6) is 17.2 Å². The smallest absolute Gasteiger partial charge is 0.256 e. The van der Waals surface area contributed by atoms with Gasteiger partial charge in [0.2, 0.25) is 0 Å². The Balaban J connectivity index is 2.25. The molecule has 0 radical (unpaired) electrons. The molecule has 0 aromatic heterocycles. The van der Waals surface area contributed by atoms with Crippen molar-refractivity contribution in [2.24, 2.45) is 0 Å². The van der Waals surface area contributed by atoms with Gasteiger partial charge < -0.3 is 19.5 Å². The molecular formula is C16H16BrNO4. The predicted molar refractivity (Wildman–Crippen MR) is 88.2 cm³/mol. The van der Waals surface area contributed by atoms with Crippen LogP contribution < -0.4 is 19.5 Å². The Kier molecular flexibility index (Phi) is 5.27. The second-order valence-electron chi connectivity index (χ2n) is 4.37. The van der Waals surface area contributed by atoms with E-state index in [1.165, 1.54) is 0 Å². The molecule has 1 amide bonds. The van der Waals surface area contributed by atoms with Crippen LogP contribution in [-0.2, 0) is 0 Å². The molecule has 22 heavy (non-hydrogen) atoms. The van der Waals surface area contributed by atoms with Crippen LogP contribution in [0, 0.1) is 0 Å². The van der Waals surface area contributed by atoms with E-state index in [2.05, 4.69) is 21.2 Å². The summed E-state index contributed by atoms with van der Waals surface area (Å²) in [5.41, 5.74) is 1.09. The fourth-order valence-electron chi connectivity index (χ4n) is 1.92. The number of hydrogen-bond acceptors (Lipinski definition) is 4. The van der Waals surface area contributed by atoms with Gasteiger partial charge in [0.25, 0.3) is 5.91 Å². The van der Waals surface area contributed by atoms with Crippen molar-refractivity contribution >= 4 is 27.5 Å². The molecule has 6 heteroatoms. The quantitative estimate of drug-likeness (QED) is 0.876. The van der Waals surface area contributed by atoms with Crippen LogP contribution in [0.15, 0.2) is 40.9 Å². The van der Waals surface area contributed by atoms with Crippen LogP contribution in [-0.4, -0.2) is 27.2 Å². The van der Waals surface area contributed by atoms with E-state index in [0.717, 1.165) is 0 Å². The summed E-state index contributed by atoms with van der Waals surface area (Å²) in [5.74, 6) is 1.51. The fraction of sp³-hybridized carbons (Fsp3) is 0.188. The van der Waals surface area contributed by atoms with Gasteiger partial charge in [0, 0.05) is 16.2 Å². The summed E-state index contributed by atoms with van der Waals surface area (Å²) in [5, 5.41) is 2.82. The van der Waals surface area contributed by atoms with Gasteiger partial charge in [-0.15, -0.1) is 0 Å². The highest BCUT2D eigenvalue weighted by Gasteiger charge is 2.13. The number of carbonyl (C=O) groups is 1. The molecule has 116 valence electrons. The first-order valence-corrected chi connectivity index (χ1v) is 7.25. The Hall–Kier alpha value is -2.21. The van der Waals surface area contributed by atoms with Gasteiger partial charge in [-0.25, -0.2) is 0 Å². The number of anilines is 1. The summed E-state index contributed by atoms with van der Waals surface area (Å²) in [6.07, 6.45) is 0. The third-order valence-corrected chi connectivity index (χ3v) is 3.75. The molecular weight excluding hydrogens is 350 g/mol. The fourth-order valence-corrected chi connectivity index (χ4v) is 2.34. The van der Waals surface area contributed by atoms with Gasteiger partial charge in [0.05, 0.1) is 26.9 Å². The molecule has 0 atom stereocenters. The first-order chi connectivity index (χ1) is 10.6. The van der Waals surface area contributed by atoms with Gasteiger partial charge >= 0.3 is 0 Å². The average Bonchev–Trinajstić information content (AvgIpc) is 2.55. The zero-order chi connectivity index (χ0) is 16.1. The van der Waals surface area contributed by atoms with E-state index >= 15 is 0 Å². The Labute approximate surface area is 137 Å². The number of amides is 1. The maximum Gasteiger partial charge on any atom is 0.256 e. The maximum atomic E-state index is 12.4. The van der Waals surface area contributed by atoms with Gasteiger partial charge in [0.15, 0.2) is 11.5 Å². The topological polar surface area (TPSA) is 56.8 Å². The van der Waals surface area contributed by atoms with E-state index in [1.54, 1.807) is 57.7 Å². The molecule has 1 N–H and O–H groups in total. The zero-order valence-corrected chi connectivity index (χ0v) is 14.1. The lowest BCUT2D eigenvalue weighted by Crippen LogP contribution is -2.12.